The monoisotopic (exact) mass is 285 g/mol. The predicted molar refractivity (Wildman–Crippen MR) is 86.9 cm³/mol. The molecule has 0 saturated carbocycles. The molecule has 21 heavy (non-hydrogen) atoms. The van der Waals surface area contributed by atoms with Gasteiger partial charge in [0.05, 0.1) is 0 Å². The fraction of sp³-hybridized carbons (Fsp3) is 0.368. The highest BCUT2D eigenvalue weighted by atomic mass is 19.1. The van der Waals surface area contributed by atoms with Crippen molar-refractivity contribution in [3.63, 3.8) is 0 Å². The van der Waals surface area contributed by atoms with Crippen molar-refractivity contribution in [2.75, 3.05) is 6.54 Å². The molecule has 2 aromatic rings. The van der Waals surface area contributed by atoms with E-state index in [1.165, 1.54) is 17.2 Å². The Bertz CT molecular complexity index is 551. The van der Waals surface area contributed by atoms with Crippen LogP contribution in [0.4, 0.5) is 4.39 Å². The molecular weight excluding hydrogens is 261 g/mol. The van der Waals surface area contributed by atoms with Crippen molar-refractivity contribution in [3.8, 4) is 0 Å². The Morgan fingerprint density at radius 2 is 1.86 bits per heavy atom. The minimum Gasteiger partial charge on any atom is -0.310 e. The molecule has 0 heterocycles. The first-order valence-electron chi connectivity index (χ1n) is 7.74. The lowest BCUT2D eigenvalue weighted by molar-refractivity contribution is 0.498. The summed E-state index contributed by atoms with van der Waals surface area (Å²) in [7, 11) is 0. The lowest BCUT2D eigenvalue weighted by Crippen LogP contribution is -2.22. The van der Waals surface area contributed by atoms with Gasteiger partial charge in [0, 0.05) is 6.04 Å². The first-order valence-corrected chi connectivity index (χ1v) is 7.74. The molecule has 0 amide bonds. The molecule has 0 radical (unpaired) electrons. The molecule has 1 nitrogen and oxygen atoms in total. The van der Waals surface area contributed by atoms with Crippen LogP contribution in [0.1, 0.15) is 42.5 Å². The molecule has 1 N–H and O–H groups in total. The molecule has 2 heteroatoms. The molecule has 0 spiro atoms. The second-order valence-electron chi connectivity index (χ2n) is 5.53. The van der Waals surface area contributed by atoms with E-state index in [1.807, 2.05) is 19.1 Å². The highest BCUT2D eigenvalue weighted by Crippen LogP contribution is 2.21. The largest absolute Gasteiger partial charge is 0.310 e. The number of hydrogen-bond acceptors (Lipinski definition) is 1. The highest BCUT2D eigenvalue weighted by Gasteiger charge is 2.11. The summed E-state index contributed by atoms with van der Waals surface area (Å²) < 4.78 is 13.4. The van der Waals surface area contributed by atoms with E-state index in [2.05, 4.69) is 36.5 Å². The van der Waals surface area contributed by atoms with E-state index in [0.29, 0.717) is 6.04 Å². The molecule has 1 atom stereocenters. The van der Waals surface area contributed by atoms with Gasteiger partial charge in [0.25, 0.3) is 0 Å². The van der Waals surface area contributed by atoms with Crippen molar-refractivity contribution in [1.82, 2.24) is 5.32 Å². The second kappa shape index (κ2) is 7.94. The van der Waals surface area contributed by atoms with Gasteiger partial charge in [-0.3, -0.25) is 0 Å². The lowest BCUT2D eigenvalue weighted by Gasteiger charge is -2.19. The highest BCUT2D eigenvalue weighted by molar-refractivity contribution is 5.27. The van der Waals surface area contributed by atoms with Gasteiger partial charge in [-0.1, -0.05) is 43.3 Å². The molecule has 2 rings (SSSR count). The Kier molecular flexibility index (Phi) is 5.94. The van der Waals surface area contributed by atoms with E-state index < -0.39 is 0 Å². The van der Waals surface area contributed by atoms with Gasteiger partial charge in [0.2, 0.25) is 0 Å². The predicted octanol–water partition coefficient (Wildman–Crippen LogP) is 4.81. The first kappa shape index (κ1) is 15.7. The summed E-state index contributed by atoms with van der Waals surface area (Å²) in [6.45, 7) is 5.22. The summed E-state index contributed by atoms with van der Waals surface area (Å²) in [5.41, 5.74) is 3.58. The molecule has 0 fully saturated rings. The summed E-state index contributed by atoms with van der Waals surface area (Å²) in [6, 6.07) is 15.9. The van der Waals surface area contributed by atoms with Crippen molar-refractivity contribution < 1.29 is 4.39 Å². The summed E-state index contributed by atoms with van der Waals surface area (Å²) in [4.78, 5) is 0. The van der Waals surface area contributed by atoms with E-state index in [4.69, 9.17) is 0 Å². The van der Waals surface area contributed by atoms with Gasteiger partial charge >= 0.3 is 0 Å². The average Bonchev–Trinajstić information content (AvgIpc) is 2.51. The normalized spacial score (nSPS) is 12.3. The van der Waals surface area contributed by atoms with Gasteiger partial charge in [-0.25, -0.2) is 4.39 Å². The summed E-state index contributed by atoms with van der Waals surface area (Å²) >= 11 is 0. The van der Waals surface area contributed by atoms with E-state index in [0.717, 1.165) is 31.4 Å². The van der Waals surface area contributed by atoms with Gasteiger partial charge in [-0.05, 0) is 61.6 Å². The van der Waals surface area contributed by atoms with E-state index in [-0.39, 0.29) is 5.82 Å². The SMILES string of the molecule is CCCNC(CCc1cc(F)ccc1C)c1ccccc1. The van der Waals surface area contributed by atoms with Gasteiger partial charge in [0.15, 0.2) is 0 Å². The fourth-order valence-corrected chi connectivity index (χ4v) is 2.60. The molecule has 0 saturated heterocycles. The number of halogens is 1. The zero-order chi connectivity index (χ0) is 15.1. The van der Waals surface area contributed by atoms with Crippen molar-refractivity contribution in [1.29, 1.82) is 0 Å². The molecule has 0 aliphatic rings. The van der Waals surface area contributed by atoms with Crippen LogP contribution in [-0.4, -0.2) is 6.54 Å². The third-order valence-corrected chi connectivity index (χ3v) is 3.86. The van der Waals surface area contributed by atoms with Crippen LogP contribution in [0.2, 0.25) is 0 Å². The topological polar surface area (TPSA) is 12.0 Å². The fourth-order valence-electron chi connectivity index (χ4n) is 2.60. The zero-order valence-electron chi connectivity index (χ0n) is 12.9. The van der Waals surface area contributed by atoms with Crippen LogP contribution in [0.15, 0.2) is 48.5 Å². The maximum atomic E-state index is 13.4. The number of rotatable bonds is 7. The van der Waals surface area contributed by atoms with E-state index in [1.54, 1.807) is 6.07 Å². The number of nitrogens with one attached hydrogen (secondary N) is 1. The first-order chi connectivity index (χ1) is 10.2. The molecule has 0 bridgehead atoms. The van der Waals surface area contributed by atoms with Crippen LogP contribution < -0.4 is 5.32 Å². The molecule has 0 aliphatic heterocycles. The van der Waals surface area contributed by atoms with Crippen LogP contribution in [0.25, 0.3) is 0 Å². The van der Waals surface area contributed by atoms with Gasteiger partial charge in [-0.15, -0.1) is 0 Å². The Hall–Kier alpha value is -1.67. The number of aryl methyl sites for hydroxylation is 2. The van der Waals surface area contributed by atoms with Crippen LogP contribution in [0, 0.1) is 12.7 Å². The Labute approximate surface area is 127 Å². The van der Waals surface area contributed by atoms with Crippen LogP contribution in [-0.2, 0) is 6.42 Å². The lowest BCUT2D eigenvalue weighted by atomic mass is 9.96. The van der Waals surface area contributed by atoms with Crippen LogP contribution in [0.3, 0.4) is 0 Å². The van der Waals surface area contributed by atoms with Gasteiger partial charge < -0.3 is 5.32 Å². The van der Waals surface area contributed by atoms with Crippen molar-refractivity contribution in [2.45, 2.75) is 39.2 Å². The Balaban J connectivity index is 2.07. The molecule has 2 aromatic carbocycles. The van der Waals surface area contributed by atoms with Crippen molar-refractivity contribution in [3.05, 3.63) is 71.0 Å². The average molecular weight is 285 g/mol. The minimum atomic E-state index is -0.145. The molecule has 0 aromatic heterocycles. The Morgan fingerprint density at radius 3 is 2.57 bits per heavy atom. The third kappa shape index (κ3) is 4.68. The van der Waals surface area contributed by atoms with Crippen molar-refractivity contribution >= 4 is 0 Å². The van der Waals surface area contributed by atoms with E-state index >= 15 is 0 Å². The van der Waals surface area contributed by atoms with E-state index in [9.17, 15) is 4.39 Å². The second-order valence-corrected chi connectivity index (χ2v) is 5.53. The summed E-state index contributed by atoms with van der Waals surface area (Å²) in [5, 5.41) is 3.60. The van der Waals surface area contributed by atoms with Crippen molar-refractivity contribution in [2.24, 2.45) is 0 Å². The third-order valence-electron chi connectivity index (χ3n) is 3.86. The molecule has 0 aliphatic carbocycles. The number of benzene rings is 2. The number of hydrogen-bond donors (Lipinski definition) is 1. The molecule has 1 unspecified atom stereocenters. The molecule has 112 valence electrons. The quantitative estimate of drug-likeness (QED) is 0.770. The summed E-state index contributed by atoms with van der Waals surface area (Å²) in [5.74, 6) is -0.145. The maximum Gasteiger partial charge on any atom is 0.123 e. The van der Waals surface area contributed by atoms with Gasteiger partial charge in [-0.2, -0.15) is 0 Å². The maximum absolute atomic E-state index is 13.4. The standard InChI is InChI=1S/C19H24FN/c1-3-13-21-19(16-7-5-4-6-8-16)12-10-17-14-18(20)11-9-15(17)2/h4-9,11,14,19,21H,3,10,12-13H2,1-2H3. The smallest absolute Gasteiger partial charge is 0.123 e. The van der Waals surface area contributed by atoms with Crippen LogP contribution >= 0.6 is 0 Å². The van der Waals surface area contributed by atoms with Crippen LogP contribution in [0.5, 0.6) is 0 Å². The van der Waals surface area contributed by atoms with Gasteiger partial charge in [0.1, 0.15) is 5.82 Å². The molecular formula is C19H24FN. The summed E-state index contributed by atoms with van der Waals surface area (Å²) in [6.07, 6.45) is 2.98. The zero-order valence-corrected chi connectivity index (χ0v) is 12.9. The minimum absolute atomic E-state index is 0.145. The Morgan fingerprint density at radius 1 is 1.10 bits per heavy atom.